The lowest BCUT2D eigenvalue weighted by Crippen LogP contribution is -2.38. The van der Waals surface area contributed by atoms with Gasteiger partial charge in [0.15, 0.2) is 0 Å². The minimum absolute atomic E-state index is 0.0548. The number of amides is 1. The highest BCUT2D eigenvalue weighted by Gasteiger charge is 2.47. The summed E-state index contributed by atoms with van der Waals surface area (Å²) >= 11 is 0. The number of anilines is 1. The van der Waals surface area contributed by atoms with Gasteiger partial charge in [-0.25, -0.2) is 4.79 Å². The maximum Gasteiger partial charge on any atom is 0.351 e. The van der Waals surface area contributed by atoms with Gasteiger partial charge in [0.25, 0.3) is 0 Å². The van der Waals surface area contributed by atoms with Crippen molar-refractivity contribution in [1.82, 2.24) is 9.55 Å². The average molecular weight is 686 g/mol. The van der Waals surface area contributed by atoms with Crippen molar-refractivity contribution in [3.05, 3.63) is 118 Å². The molecule has 4 atom stereocenters. The number of aliphatic hydroxyl groups excluding tert-OH is 1. The molecule has 0 radical (unpaired) electrons. The molecule has 1 fully saturated rings. The maximum atomic E-state index is 13.2. The predicted molar refractivity (Wildman–Crippen MR) is 185 cm³/mol. The van der Waals surface area contributed by atoms with E-state index in [9.17, 15) is 19.5 Å². The van der Waals surface area contributed by atoms with Crippen LogP contribution in [0.1, 0.15) is 56.0 Å². The van der Waals surface area contributed by atoms with Gasteiger partial charge in [0, 0.05) is 26.0 Å². The lowest BCUT2D eigenvalue weighted by Gasteiger charge is -2.37. The summed E-state index contributed by atoms with van der Waals surface area (Å²) in [6.45, 7) is 2.87. The predicted octanol–water partition coefficient (Wildman–Crippen LogP) is 4.84. The molecule has 12 nitrogen and oxygen atoms in total. The van der Waals surface area contributed by atoms with Crippen LogP contribution in [-0.4, -0.2) is 66.2 Å². The number of aliphatic hydroxyl groups is 1. The number of unbranched alkanes of at least 4 members (excludes halogenated alkanes) is 1. The Balaban J connectivity index is 1.51. The second kappa shape index (κ2) is 16.6. The molecular weight excluding hydrogens is 642 g/mol. The summed E-state index contributed by atoms with van der Waals surface area (Å²) in [7, 11) is 3.21. The first kappa shape index (κ1) is 36.2. The largest absolute Gasteiger partial charge is 0.497 e. The number of aromatic nitrogens is 2. The third kappa shape index (κ3) is 8.21. The Hall–Kier alpha value is -5.04. The van der Waals surface area contributed by atoms with E-state index >= 15 is 0 Å². The molecule has 264 valence electrons. The molecule has 4 aromatic rings. The van der Waals surface area contributed by atoms with Gasteiger partial charge in [-0.15, -0.1) is 0 Å². The van der Waals surface area contributed by atoms with Crippen molar-refractivity contribution in [3.63, 3.8) is 0 Å². The van der Waals surface area contributed by atoms with Crippen molar-refractivity contribution in [3.8, 4) is 11.5 Å². The summed E-state index contributed by atoms with van der Waals surface area (Å²) in [4.78, 5) is 40.1. The zero-order valence-corrected chi connectivity index (χ0v) is 28.6. The Morgan fingerprint density at radius 2 is 1.48 bits per heavy atom. The molecule has 1 aliphatic rings. The van der Waals surface area contributed by atoms with Crippen LogP contribution >= 0.6 is 0 Å². The minimum Gasteiger partial charge on any atom is -0.497 e. The van der Waals surface area contributed by atoms with Crippen molar-refractivity contribution in [2.24, 2.45) is 5.92 Å². The van der Waals surface area contributed by atoms with E-state index in [2.05, 4.69) is 10.3 Å². The van der Waals surface area contributed by atoms with Crippen LogP contribution in [0.4, 0.5) is 5.82 Å². The second-order valence-corrected chi connectivity index (χ2v) is 12.1. The van der Waals surface area contributed by atoms with Gasteiger partial charge in [0.1, 0.15) is 35.2 Å². The quantitative estimate of drug-likeness (QED) is 0.101. The Morgan fingerprint density at radius 3 is 2.02 bits per heavy atom. The molecule has 5 rings (SSSR count). The lowest BCUT2D eigenvalue weighted by atomic mass is 9.80. The highest BCUT2D eigenvalue weighted by Crippen LogP contribution is 2.44. The fourth-order valence-electron chi connectivity index (χ4n) is 6.36. The summed E-state index contributed by atoms with van der Waals surface area (Å²) in [6.07, 6.45) is 0.362. The van der Waals surface area contributed by atoms with Gasteiger partial charge in [0.05, 0.1) is 33.5 Å². The Bertz CT molecular complexity index is 1730. The lowest BCUT2D eigenvalue weighted by molar-refractivity contribution is -0.141. The van der Waals surface area contributed by atoms with Gasteiger partial charge in [-0.1, -0.05) is 54.6 Å². The van der Waals surface area contributed by atoms with Gasteiger partial charge < -0.3 is 34.1 Å². The van der Waals surface area contributed by atoms with Crippen LogP contribution in [0.5, 0.6) is 11.5 Å². The van der Waals surface area contributed by atoms with Crippen molar-refractivity contribution in [1.29, 1.82) is 0 Å². The summed E-state index contributed by atoms with van der Waals surface area (Å²) < 4.78 is 30.8. The van der Waals surface area contributed by atoms with Crippen LogP contribution in [0.3, 0.4) is 0 Å². The molecule has 1 saturated heterocycles. The van der Waals surface area contributed by atoms with Gasteiger partial charge in [-0.2, -0.15) is 4.98 Å². The van der Waals surface area contributed by atoms with Crippen molar-refractivity contribution in [2.75, 3.05) is 32.8 Å². The fraction of sp³-hybridized carbons (Fsp3) is 0.368. The summed E-state index contributed by atoms with van der Waals surface area (Å²) in [5, 5.41) is 14.3. The summed E-state index contributed by atoms with van der Waals surface area (Å²) in [5.41, 5.74) is 0.675. The van der Waals surface area contributed by atoms with E-state index in [0.29, 0.717) is 30.8 Å². The van der Waals surface area contributed by atoms with E-state index in [1.54, 1.807) is 14.2 Å². The van der Waals surface area contributed by atoms with Crippen LogP contribution < -0.4 is 20.5 Å². The molecule has 0 aliphatic carbocycles. The standard InChI is InChI=1S/C38H43N3O9/c1-25(42)39-34-21-22-41(37(45)40-34)36-32(12-8-9-23-48-26(2)43)35(44)33(50-36)24-49-38(27-10-6-5-7-11-27,28-13-17-30(46-3)18-14-28)29-15-19-31(47-4)20-16-29/h5-7,10-11,13-22,32-33,35-36,44H,8-9,12,23-24H2,1-4H3,(H,39,40,42,45)/t32-,33-,35+,36-/m1/s1. The molecule has 0 unspecified atom stereocenters. The highest BCUT2D eigenvalue weighted by molar-refractivity contribution is 5.87. The van der Waals surface area contributed by atoms with Crippen LogP contribution in [0.15, 0.2) is 95.9 Å². The molecule has 0 bridgehead atoms. The highest BCUT2D eigenvalue weighted by atomic mass is 16.6. The van der Waals surface area contributed by atoms with E-state index in [-0.39, 0.29) is 30.9 Å². The van der Waals surface area contributed by atoms with Crippen LogP contribution in [-0.2, 0) is 29.4 Å². The number of carbonyl (C=O) groups is 2. The number of carbonyl (C=O) groups excluding carboxylic acids is 2. The number of benzene rings is 3. The number of methoxy groups -OCH3 is 2. The first-order chi connectivity index (χ1) is 24.2. The molecule has 0 saturated carbocycles. The summed E-state index contributed by atoms with van der Waals surface area (Å²) in [6, 6.07) is 26.5. The monoisotopic (exact) mass is 685 g/mol. The van der Waals surface area contributed by atoms with Gasteiger partial charge in [-0.3, -0.25) is 14.2 Å². The maximum absolute atomic E-state index is 13.2. The van der Waals surface area contributed by atoms with E-state index in [1.165, 1.54) is 30.7 Å². The van der Waals surface area contributed by atoms with E-state index < -0.39 is 35.6 Å². The number of hydrogen-bond donors (Lipinski definition) is 2. The van der Waals surface area contributed by atoms with Crippen LogP contribution in [0.2, 0.25) is 0 Å². The molecular formula is C38H43N3O9. The molecule has 3 aromatic carbocycles. The molecule has 0 spiro atoms. The average Bonchev–Trinajstić information content (AvgIpc) is 3.43. The number of nitrogens with one attached hydrogen (secondary N) is 1. The fourth-order valence-corrected chi connectivity index (χ4v) is 6.36. The first-order valence-electron chi connectivity index (χ1n) is 16.5. The number of ether oxygens (including phenoxy) is 5. The normalized spacial score (nSPS) is 18.7. The van der Waals surface area contributed by atoms with Crippen molar-refractivity contribution < 1.29 is 38.4 Å². The Morgan fingerprint density at radius 1 is 0.880 bits per heavy atom. The van der Waals surface area contributed by atoms with E-state index in [1.807, 2.05) is 78.9 Å². The molecule has 1 amide bonds. The Kier molecular flexibility index (Phi) is 12.0. The zero-order valence-electron chi connectivity index (χ0n) is 28.6. The third-order valence-corrected chi connectivity index (χ3v) is 8.78. The van der Waals surface area contributed by atoms with Crippen molar-refractivity contribution in [2.45, 2.75) is 57.1 Å². The zero-order chi connectivity index (χ0) is 35.7. The molecule has 1 aromatic heterocycles. The molecule has 1 aliphatic heterocycles. The van der Waals surface area contributed by atoms with Crippen molar-refractivity contribution >= 4 is 17.7 Å². The SMILES string of the molecule is COc1ccc(C(OC[C@H]2O[C@@H](n3ccc(NC(C)=O)nc3=O)[C@H](CCCCOC(C)=O)[C@@H]2O)(c2ccccc2)c2ccc(OC)cc2)cc1. The number of nitrogens with zero attached hydrogens (tertiary/aromatic N) is 2. The number of rotatable bonds is 15. The van der Waals surface area contributed by atoms with Gasteiger partial charge >= 0.3 is 11.7 Å². The number of esters is 1. The van der Waals surface area contributed by atoms with Crippen LogP contribution in [0.25, 0.3) is 0 Å². The van der Waals surface area contributed by atoms with E-state index in [0.717, 1.165) is 16.7 Å². The number of hydrogen-bond acceptors (Lipinski definition) is 10. The molecule has 12 heteroatoms. The Labute approximate surface area is 290 Å². The second-order valence-electron chi connectivity index (χ2n) is 12.1. The van der Waals surface area contributed by atoms with Gasteiger partial charge in [0.2, 0.25) is 5.91 Å². The molecule has 2 N–H and O–H groups in total. The summed E-state index contributed by atoms with van der Waals surface area (Å²) in [5.74, 6) is 0.227. The molecule has 50 heavy (non-hydrogen) atoms. The van der Waals surface area contributed by atoms with Crippen LogP contribution in [0, 0.1) is 5.92 Å². The molecule has 2 heterocycles. The smallest absolute Gasteiger partial charge is 0.351 e. The first-order valence-corrected chi connectivity index (χ1v) is 16.5. The third-order valence-electron chi connectivity index (χ3n) is 8.78. The van der Waals surface area contributed by atoms with Gasteiger partial charge in [-0.05, 0) is 66.3 Å². The van der Waals surface area contributed by atoms with E-state index in [4.69, 9.17) is 23.7 Å². The topological polar surface area (TPSA) is 147 Å². The minimum atomic E-state index is -1.15.